The Morgan fingerprint density at radius 3 is 2.92 bits per heavy atom. The minimum absolute atomic E-state index is 0.0908. The topological polar surface area (TPSA) is 61.7 Å². The number of anilines is 1. The molecule has 13 heavy (non-hydrogen) atoms. The highest BCUT2D eigenvalue weighted by Crippen LogP contribution is 2.25. The molecule has 0 aliphatic carbocycles. The first-order valence-corrected chi connectivity index (χ1v) is 3.87. The molecule has 66 valence electrons. The highest BCUT2D eigenvalue weighted by atomic mass is 16.4. The maximum absolute atomic E-state index is 11.2. The molecular formula is C9H8N2O2. The number of nitrogens with one attached hydrogen (secondary N) is 1. The molecule has 1 aliphatic rings. The standard InChI is InChI=1S/C9H8N2O2/c1-5-3-2-4-6-7(5)8(11-13)9(12)10-6/h2-4,13H,1H3,(H,10,11,12). The first kappa shape index (κ1) is 7.79. The average Bonchev–Trinajstić information content (AvgIpc) is 2.42. The van der Waals surface area contributed by atoms with Crippen LogP contribution in [-0.2, 0) is 4.79 Å². The summed E-state index contributed by atoms with van der Waals surface area (Å²) >= 11 is 0. The Morgan fingerprint density at radius 2 is 2.23 bits per heavy atom. The summed E-state index contributed by atoms with van der Waals surface area (Å²) in [5, 5.41) is 14.2. The second kappa shape index (κ2) is 2.58. The zero-order valence-corrected chi connectivity index (χ0v) is 7.03. The molecule has 4 nitrogen and oxygen atoms in total. The Bertz CT molecular complexity index is 410. The van der Waals surface area contributed by atoms with Crippen LogP contribution in [0.4, 0.5) is 5.69 Å². The molecule has 0 bridgehead atoms. The van der Waals surface area contributed by atoms with E-state index in [2.05, 4.69) is 10.5 Å². The summed E-state index contributed by atoms with van der Waals surface area (Å²) < 4.78 is 0. The molecule has 0 aromatic heterocycles. The lowest BCUT2D eigenvalue weighted by Crippen LogP contribution is -2.14. The minimum atomic E-state index is -0.355. The average molecular weight is 176 g/mol. The molecule has 0 fully saturated rings. The van der Waals surface area contributed by atoms with Gasteiger partial charge in [0.05, 0.1) is 5.69 Å². The smallest absolute Gasteiger partial charge is 0.278 e. The van der Waals surface area contributed by atoms with E-state index in [0.717, 1.165) is 5.56 Å². The fraction of sp³-hybridized carbons (Fsp3) is 0.111. The fourth-order valence-electron chi connectivity index (χ4n) is 1.48. The first-order chi connectivity index (χ1) is 6.24. The number of amides is 1. The van der Waals surface area contributed by atoms with E-state index in [4.69, 9.17) is 5.21 Å². The van der Waals surface area contributed by atoms with Crippen LogP contribution in [0, 0.1) is 6.92 Å². The zero-order valence-electron chi connectivity index (χ0n) is 7.03. The predicted molar refractivity (Wildman–Crippen MR) is 48.1 cm³/mol. The van der Waals surface area contributed by atoms with Crippen molar-refractivity contribution in [3.63, 3.8) is 0 Å². The zero-order chi connectivity index (χ0) is 9.42. The van der Waals surface area contributed by atoms with Gasteiger partial charge in [-0.05, 0) is 18.6 Å². The number of oxime groups is 1. The van der Waals surface area contributed by atoms with Gasteiger partial charge in [0.25, 0.3) is 5.91 Å². The summed E-state index contributed by atoms with van der Waals surface area (Å²) in [5.74, 6) is -0.355. The molecule has 1 amide bonds. The normalized spacial score (nSPS) is 17.3. The van der Waals surface area contributed by atoms with Crippen LogP contribution in [0.3, 0.4) is 0 Å². The number of carbonyl (C=O) groups excluding carboxylic acids is 1. The van der Waals surface area contributed by atoms with Crippen molar-refractivity contribution >= 4 is 17.3 Å². The summed E-state index contributed by atoms with van der Waals surface area (Å²) in [6, 6.07) is 5.48. The Kier molecular flexibility index (Phi) is 1.55. The number of rotatable bonds is 0. The van der Waals surface area contributed by atoms with Gasteiger partial charge in [0.1, 0.15) is 0 Å². The molecule has 1 heterocycles. The lowest BCUT2D eigenvalue weighted by atomic mass is 10.1. The van der Waals surface area contributed by atoms with Crippen LogP contribution in [0.5, 0.6) is 0 Å². The Morgan fingerprint density at radius 1 is 1.46 bits per heavy atom. The summed E-state index contributed by atoms with van der Waals surface area (Å²) in [6.45, 7) is 1.87. The predicted octanol–water partition coefficient (Wildman–Crippen LogP) is 1.13. The summed E-state index contributed by atoms with van der Waals surface area (Å²) in [5.41, 5.74) is 2.41. The largest absolute Gasteiger partial charge is 0.410 e. The van der Waals surface area contributed by atoms with Crippen molar-refractivity contribution in [1.29, 1.82) is 0 Å². The van der Waals surface area contributed by atoms with Crippen LogP contribution in [0.15, 0.2) is 23.4 Å². The van der Waals surface area contributed by atoms with Crippen LogP contribution < -0.4 is 5.32 Å². The molecule has 0 saturated heterocycles. The molecule has 0 radical (unpaired) electrons. The third kappa shape index (κ3) is 0.989. The van der Waals surface area contributed by atoms with Crippen LogP contribution in [0.25, 0.3) is 0 Å². The van der Waals surface area contributed by atoms with Crippen LogP contribution in [0.2, 0.25) is 0 Å². The molecule has 2 N–H and O–H groups in total. The maximum Gasteiger partial charge on any atom is 0.278 e. The van der Waals surface area contributed by atoms with E-state index in [-0.39, 0.29) is 11.6 Å². The molecule has 0 spiro atoms. The van der Waals surface area contributed by atoms with Crippen molar-refractivity contribution in [2.75, 3.05) is 5.32 Å². The number of nitrogens with zero attached hydrogens (tertiary/aromatic N) is 1. The van der Waals surface area contributed by atoms with E-state index in [0.29, 0.717) is 11.3 Å². The second-order valence-electron chi connectivity index (χ2n) is 2.90. The van der Waals surface area contributed by atoms with E-state index in [1.807, 2.05) is 19.1 Å². The third-order valence-corrected chi connectivity index (χ3v) is 2.07. The van der Waals surface area contributed by atoms with Crippen LogP contribution in [0.1, 0.15) is 11.1 Å². The van der Waals surface area contributed by atoms with E-state index < -0.39 is 0 Å². The van der Waals surface area contributed by atoms with Gasteiger partial charge >= 0.3 is 0 Å². The summed E-state index contributed by atoms with van der Waals surface area (Å²) in [6.07, 6.45) is 0. The Balaban J connectivity index is 2.70. The van der Waals surface area contributed by atoms with Gasteiger partial charge in [0.2, 0.25) is 0 Å². The van der Waals surface area contributed by atoms with Gasteiger partial charge in [-0.1, -0.05) is 17.3 Å². The van der Waals surface area contributed by atoms with Crippen molar-refractivity contribution in [3.8, 4) is 0 Å². The SMILES string of the molecule is Cc1cccc2c1C(=NO)C(=O)N2. The Hall–Kier alpha value is -1.84. The minimum Gasteiger partial charge on any atom is -0.410 e. The van der Waals surface area contributed by atoms with E-state index >= 15 is 0 Å². The van der Waals surface area contributed by atoms with Crippen molar-refractivity contribution in [1.82, 2.24) is 0 Å². The number of carbonyl (C=O) groups is 1. The lowest BCUT2D eigenvalue weighted by molar-refractivity contribution is -0.110. The molecule has 1 aliphatic heterocycles. The van der Waals surface area contributed by atoms with Gasteiger partial charge in [-0.25, -0.2) is 0 Å². The third-order valence-electron chi connectivity index (χ3n) is 2.07. The van der Waals surface area contributed by atoms with Gasteiger partial charge in [0.15, 0.2) is 5.71 Å². The quantitative estimate of drug-likeness (QED) is 0.459. The monoisotopic (exact) mass is 176 g/mol. The highest BCUT2D eigenvalue weighted by Gasteiger charge is 2.27. The highest BCUT2D eigenvalue weighted by molar-refractivity contribution is 6.53. The number of hydrogen-bond donors (Lipinski definition) is 2. The molecule has 0 saturated carbocycles. The molecule has 1 aromatic rings. The fourth-order valence-corrected chi connectivity index (χ4v) is 1.48. The van der Waals surface area contributed by atoms with Gasteiger partial charge < -0.3 is 10.5 Å². The van der Waals surface area contributed by atoms with Crippen molar-refractivity contribution in [3.05, 3.63) is 29.3 Å². The van der Waals surface area contributed by atoms with Gasteiger partial charge in [-0.15, -0.1) is 0 Å². The molecule has 4 heteroatoms. The number of fused-ring (bicyclic) bond motifs is 1. The lowest BCUT2D eigenvalue weighted by Gasteiger charge is -1.99. The first-order valence-electron chi connectivity index (χ1n) is 3.87. The van der Waals surface area contributed by atoms with Gasteiger partial charge in [0, 0.05) is 5.56 Å². The summed E-state index contributed by atoms with van der Waals surface area (Å²) in [4.78, 5) is 11.2. The number of benzene rings is 1. The number of aryl methyl sites for hydroxylation is 1. The molecule has 0 unspecified atom stereocenters. The molecular weight excluding hydrogens is 168 g/mol. The number of hydrogen-bond acceptors (Lipinski definition) is 3. The van der Waals surface area contributed by atoms with Gasteiger partial charge in [-0.3, -0.25) is 4.79 Å². The van der Waals surface area contributed by atoms with Gasteiger partial charge in [-0.2, -0.15) is 0 Å². The molecule has 1 aromatic carbocycles. The molecule has 2 rings (SSSR count). The van der Waals surface area contributed by atoms with Crippen molar-refractivity contribution in [2.45, 2.75) is 6.92 Å². The van der Waals surface area contributed by atoms with E-state index in [9.17, 15) is 4.79 Å². The van der Waals surface area contributed by atoms with E-state index in [1.165, 1.54) is 0 Å². The Labute approximate surface area is 74.9 Å². The van der Waals surface area contributed by atoms with Crippen molar-refractivity contribution in [2.24, 2.45) is 5.16 Å². The van der Waals surface area contributed by atoms with Crippen LogP contribution in [-0.4, -0.2) is 16.8 Å². The van der Waals surface area contributed by atoms with E-state index in [1.54, 1.807) is 6.07 Å². The maximum atomic E-state index is 11.2. The second-order valence-corrected chi connectivity index (χ2v) is 2.90. The van der Waals surface area contributed by atoms with Crippen molar-refractivity contribution < 1.29 is 10.0 Å². The summed E-state index contributed by atoms with van der Waals surface area (Å²) in [7, 11) is 0. The van der Waals surface area contributed by atoms with Crippen LogP contribution >= 0.6 is 0 Å². The molecule has 0 atom stereocenters.